The molecule has 0 fully saturated rings. The molecule has 1 aliphatic carbocycles. The van der Waals surface area contributed by atoms with Crippen LogP contribution in [-0.2, 0) is 9.53 Å². The lowest BCUT2D eigenvalue weighted by Crippen LogP contribution is -2.19. The van der Waals surface area contributed by atoms with Gasteiger partial charge in [-0.25, -0.2) is 0 Å². The van der Waals surface area contributed by atoms with Crippen molar-refractivity contribution in [3.8, 4) is 0 Å². The fraction of sp³-hybridized carbons (Fsp3) is 0.333. The number of hydrogen-bond acceptors (Lipinski definition) is 3. The summed E-state index contributed by atoms with van der Waals surface area (Å²) in [5, 5.41) is 0. The highest BCUT2D eigenvalue weighted by Gasteiger charge is 2.26. The van der Waals surface area contributed by atoms with Crippen LogP contribution in [0.1, 0.15) is 42.1 Å². The van der Waals surface area contributed by atoms with Crippen LogP contribution in [-0.4, -0.2) is 18.2 Å². The third kappa shape index (κ3) is 2.50. The molecule has 0 aliphatic heterocycles. The zero-order chi connectivity index (χ0) is 13.0. The molecule has 1 aromatic rings. The number of unbranched alkanes of at least 4 members (excludes halogenated alkanes) is 2. The molecule has 0 unspecified atom stereocenters. The molecule has 3 heteroatoms. The highest BCUT2D eigenvalue weighted by atomic mass is 16.5. The Labute approximate surface area is 106 Å². The van der Waals surface area contributed by atoms with Crippen molar-refractivity contribution in [2.75, 3.05) is 6.61 Å². The molecule has 2 rings (SSSR count). The maximum atomic E-state index is 11.7. The Kier molecular flexibility index (Phi) is 3.92. The molecule has 0 bridgehead atoms. The maximum absolute atomic E-state index is 11.7. The predicted octanol–water partition coefficient (Wildman–Crippen LogP) is 3.00. The van der Waals surface area contributed by atoms with E-state index in [1.165, 1.54) is 6.08 Å². The first-order chi connectivity index (χ1) is 8.74. The van der Waals surface area contributed by atoms with Crippen LogP contribution in [0.2, 0.25) is 0 Å². The Bertz CT molecular complexity index is 500. The van der Waals surface area contributed by atoms with E-state index in [-0.39, 0.29) is 0 Å². The first-order valence-corrected chi connectivity index (χ1v) is 6.26. The van der Waals surface area contributed by atoms with Gasteiger partial charge < -0.3 is 4.74 Å². The van der Waals surface area contributed by atoms with E-state index in [9.17, 15) is 9.59 Å². The van der Waals surface area contributed by atoms with E-state index in [4.69, 9.17) is 4.74 Å². The number of Topliss-reactive ketones (excluding diaryl/α,β-unsaturated/α-hetero) is 1. The molecule has 0 spiro atoms. The minimum Gasteiger partial charge on any atom is -0.493 e. The third-order valence-corrected chi connectivity index (χ3v) is 2.93. The lowest BCUT2D eigenvalue weighted by Gasteiger charge is -2.16. The van der Waals surface area contributed by atoms with Crippen LogP contribution in [0.25, 0.3) is 5.76 Å². The maximum Gasteiger partial charge on any atom is 0.233 e. The average molecular weight is 244 g/mol. The molecule has 0 saturated heterocycles. The van der Waals surface area contributed by atoms with Gasteiger partial charge in [0.2, 0.25) is 11.6 Å². The summed E-state index contributed by atoms with van der Waals surface area (Å²) in [6, 6.07) is 7.07. The minimum atomic E-state index is -0.501. The van der Waals surface area contributed by atoms with Crippen molar-refractivity contribution >= 4 is 17.3 Å². The van der Waals surface area contributed by atoms with Crippen molar-refractivity contribution in [3.05, 3.63) is 41.5 Å². The van der Waals surface area contributed by atoms with Crippen molar-refractivity contribution in [2.24, 2.45) is 0 Å². The third-order valence-electron chi connectivity index (χ3n) is 2.93. The summed E-state index contributed by atoms with van der Waals surface area (Å²) in [7, 11) is 0. The van der Waals surface area contributed by atoms with E-state index in [0.29, 0.717) is 17.9 Å². The summed E-state index contributed by atoms with van der Waals surface area (Å²) < 4.78 is 5.62. The average Bonchev–Trinajstić information content (AvgIpc) is 2.40. The summed E-state index contributed by atoms with van der Waals surface area (Å²) in [4.78, 5) is 23.2. The van der Waals surface area contributed by atoms with Gasteiger partial charge in [-0.05, 0) is 6.42 Å². The van der Waals surface area contributed by atoms with Crippen molar-refractivity contribution in [3.63, 3.8) is 0 Å². The van der Waals surface area contributed by atoms with Crippen molar-refractivity contribution in [2.45, 2.75) is 26.2 Å². The Balaban J connectivity index is 2.17. The molecule has 0 aromatic heterocycles. The Morgan fingerprint density at radius 3 is 2.50 bits per heavy atom. The number of ketones is 2. The molecule has 94 valence electrons. The number of carbonyl (C=O) groups is 2. The zero-order valence-corrected chi connectivity index (χ0v) is 10.4. The fourth-order valence-electron chi connectivity index (χ4n) is 1.94. The molecule has 18 heavy (non-hydrogen) atoms. The van der Waals surface area contributed by atoms with Gasteiger partial charge in [0.15, 0.2) is 0 Å². The number of rotatable bonds is 5. The summed E-state index contributed by atoms with van der Waals surface area (Å²) in [6.07, 6.45) is 4.48. The fourth-order valence-corrected chi connectivity index (χ4v) is 1.94. The standard InChI is InChI=1S/C15H16O3/c1-2-3-6-9-18-14-10-13(16)15(17)12-8-5-4-7-11(12)14/h4-5,7-8,10H,2-3,6,9H2,1H3. The molecule has 0 heterocycles. The summed E-state index contributed by atoms with van der Waals surface area (Å²) in [6.45, 7) is 2.70. The molecule has 0 saturated carbocycles. The summed E-state index contributed by atoms with van der Waals surface area (Å²) in [5.41, 5.74) is 1.16. The van der Waals surface area contributed by atoms with Gasteiger partial charge in [-0.15, -0.1) is 0 Å². The number of benzene rings is 1. The normalized spacial score (nSPS) is 14.2. The van der Waals surface area contributed by atoms with E-state index in [1.54, 1.807) is 12.1 Å². The second kappa shape index (κ2) is 5.63. The molecule has 1 aliphatic rings. The molecule has 0 amide bonds. The smallest absolute Gasteiger partial charge is 0.233 e. The van der Waals surface area contributed by atoms with E-state index in [1.807, 2.05) is 12.1 Å². The molecule has 3 nitrogen and oxygen atoms in total. The van der Waals surface area contributed by atoms with E-state index < -0.39 is 11.6 Å². The van der Waals surface area contributed by atoms with Crippen LogP contribution in [0.3, 0.4) is 0 Å². The van der Waals surface area contributed by atoms with Crippen LogP contribution in [0.4, 0.5) is 0 Å². The number of carbonyl (C=O) groups excluding carboxylic acids is 2. The van der Waals surface area contributed by atoms with Gasteiger partial charge in [-0.1, -0.05) is 44.0 Å². The van der Waals surface area contributed by atoms with Gasteiger partial charge in [0, 0.05) is 17.2 Å². The largest absolute Gasteiger partial charge is 0.493 e. The Hall–Kier alpha value is -1.90. The van der Waals surface area contributed by atoms with Gasteiger partial charge >= 0.3 is 0 Å². The van der Waals surface area contributed by atoms with Crippen molar-refractivity contribution in [1.29, 1.82) is 0 Å². The van der Waals surface area contributed by atoms with Gasteiger partial charge in [0.05, 0.1) is 6.61 Å². The second-order valence-corrected chi connectivity index (χ2v) is 4.30. The molecular formula is C15H16O3. The van der Waals surface area contributed by atoms with E-state index in [2.05, 4.69) is 6.92 Å². The van der Waals surface area contributed by atoms with Crippen LogP contribution in [0.15, 0.2) is 30.3 Å². The predicted molar refractivity (Wildman–Crippen MR) is 69.2 cm³/mol. The van der Waals surface area contributed by atoms with Crippen molar-refractivity contribution < 1.29 is 14.3 Å². The molecule has 0 radical (unpaired) electrons. The van der Waals surface area contributed by atoms with Crippen LogP contribution in [0.5, 0.6) is 0 Å². The lowest BCUT2D eigenvalue weighted by atomic mass is 9.94. The quantitative estimate of drug-likeness (QED) is 0.590. The van der Waals surface area contributed by atoms with E-state index >= 15 is 0 Å². The molecular weight excluding hydrogens is 228 g/mol. The van der Waals surface area contributed by atoms with Gasteiger partial charge in [0.1, 0.15) is 5.76 Å². The monoisotopic (exact) mass is 244 g/mol. The molecule has 0 N–H and O–H groups in total. The van der Waals surface area contributed by atoms with Gasteiger partial charge in [-0.3, -0.25) is 9.59 Å². The second-order valence-electron chi connectivity index (χ2n) is 4.30. The SMILES string of the molecule is CCCCCOC1=CC(=O)C(=O)c2ccccc21. The Morgan fingerprint density at radius 1 is 1.06 bits per heavy atom. The van der Waals surface area contributed by atoms with Gasteiger partial charge in [-0.2, -0.15) is 0 Å². The topological polar surface area (TPSA) is 43.4 Å². The van der Waals surface area contributed by atoms with Crippen LogP contribution in [0, 0.1) is 0 Å². The minimum absolute atomic E-state index is 0.440. The highest BCUT2D eigenvalue weighted by molar-refractivity contribution is 6.50. The Morgan fingerprint density at radius 2 is 1.78 bits per heavy atom. The number of fused-ring (bicyclic) bond motifs is 1. The van der Waals surface area contributed by atoms with Crippen LogP contribution >= 0.6 is 0 Å². The highest BCUT2D eigenvalue weighted by Crippen LogP contribution is 2.25. The van der Waals surface area contributed by atoms with Crippen LogP contribution < -0.4 is 0 Å². The first kappa shape index (κ1) is 12.6. The number of allylic oxidation sites excluding steroid dienone is 1. The van der Waals surface area contributed by atoms with E-state index in [0.717, 1.165) is 24.8 Å². The van der Waals surface area contributed by atoms with Crippen molar-refractivity contribution in [1.82, 2.24) is 0 Å². The first-order valence-electron chi connectivity index (χ1n) is 6.26. The van der Waals surface area contributed by atoms with Gasteiger partial charge in [0.25, 0.3) is 0 Å². The number of ether oxygens (including phenoxy) is 1. The zero-order valence-electron chi connectivity index (χ0n) is 10.4. The molecule has 0 atom stereocenters. The molecule has 1 aromatic carbocycles. The number of hydrogen-bond donors (Lipinski definition) is 0. The lowest BCUT2D eigenvalue weighted by molar-refractivity contribution is -0.111. The summed E-state index contributed by atoms with van der Waals surface area (Å²) in [5.74, 6) is -0.433. The summed E-state index contributed by atoms with van der Waals surface area (Å²) >= 11 is 0.